The largest absolute Gasteiger partial charge is 0.492 e. The van der Waals surface area contributed by atoms with Crippen molar-refractivity contribution >= 4 is 17.4 Å². The summed E-state index contributed by atoms with van der Waals surface area (Å²) in [4.78, 5) is 12.3. The van der Waals surface area contributed by atoms with Crippen molar-refractivity contribution in [3.8, 4) is 22.9 Å². The highest BCUT2D eigenvalue weighted by Crippen LogP contribution is 2.24. The van der Waals surface area contributed by atoms with Crippen LogP contribution in [-0.2, 0) is 0 Å². The van der Waals surface area contributed by atoms with Gasteiger partial charge in [0.2, 0.25) is 5.88 Å². The molecule has 28 heavy (non-hydrogen) atoms. The minimum Gasteiger partial charge on any atom is -0.492 e. The average Bonchev–Trinajstić information content (AvgIpc) is 2.71. The van der Waals surface area contributed by atoms with Gasteiger partial charge in [0.15, 0.2) is 0 Å². The number of para-hydroxylation sites is 2. The lowest BCUT2D eigenvalue weighted by atomic mass is 10.1. The zero-order chi connectivity index (χ0) is 19.8. The molecule has 2 amide bonds. The van der Waals surface area contributed by atoms with Crippen molar-refractivity contribution in [3.05, 3.63) is 60.7 Å². The highest BCUT2D eigenvalue weighted by molar-refractivity contribution is 6.00. The van der Waals surface area contributed by atoms with Gasteiger partial charge in [-0.3, -0.25) is 0 Å². The van der Waals surface area contributed by atoms with Gasteiger partial charge in [-0.1, -0.05) is 24.3 Å². The van der Waals surface area contributed by atoms with Gasteiger partial charge < -0.3 is 20.1 Å². The van der Waals surface area contributed by atoms with E-state index in [0.29, 0.717) is 36.2 Å². The van der Waals surface area contributed by atoms with Crippen LogP contribution in [-0.4, -0.2) is 29.4 Å². The number of aromatic nitrogens is 2. The van der Waals surface area contributed by atoms with Crippen LogP contribution in [0.25, 0.3) is 11.3 Å². The molecule has 0 radical (unpaired) electrons. The number of hydrogen-bond acceptors (Lipinski definition) is 5. The molecule has 0 spiro atoms. The van der Waals surface area contributed by atoms with Crippen molar-refractivity contribution in [2.45, 2.75) is 13.8 Å². The molecular formula is C21H22N4O3. The molecule has 7 heteroatoms. The van der Waals surface area contributed by atoms with Gasteiger partial charge in [-0.15, -0.1) is 10.2 Å². The summed E-state index contributed by atoms with van der Waals surface area (Å²) in [6.45, 7) is 4.86. The standard InChI is InChI=1S/C21H22N4O3/c1-3-27-19-8-6-5-7-18(19)23-21(26)22-16-11-9-15(10-12-16)17-13-14-20(25-24-17)28-4-2/h5-14H,3-4H2,1-2H3,(H2,22,23,26). The van der Waals surface area contributed by atoms with E-state index in [1.54, 1.807) is 12.1 Å². The molecular weight excluding hydrogens is 356 g/mol. The van der Waals surface area contributed by atoms with Gasteiger partial charge in [0.05, 0.1) is 24.6 Å². The minimum atomic E-state index is -0.347. The number of nitrogens with zero attached hydrogens (tertiary/aromatic N) is 2. The molecule has 0 unspecified atom stereocenters. The van der Waals surface area contributed by atoms with Gasteiger partial charge in [0.1, 0.15) is 5.75 Å². The Bertz CT molecular complexity index is 912. The number of rotatable bonds is 7. The first kappa shape index (κ1) is 19.2. The lowest BCUT2D eigenvalue weighted by Gasteiger charge is -2.12. The number of ether oxygens (including phenoxy) is 2. The lowest BCUT2D eigenvalue weighted by Crippen LogP contribution is -2.19. The average molecular weight is 378 g/mol. The molecule has 0 atom stereocenters. The lowest BCUT2D eigenvalue weighted by molar-refractivity contribution is 0.262. The van der Waals surface area contributed by atoms with Crippen molar-refractivity contribution in [1.29, 1.82) is 0 Å². The predicted molar refractivity (Wildman–Crippen MR) is 109 cm³/mol. The second kappa shape index (κ2) is 9.36. The fourth-order valence-electron chi connectivity index (χ4n) is 2.56. The molecule has 3 aromatic rings. The van der Waals surface area contributed by atoms with Gasteiger partial charge >= 0.3 is 6.03 Å². The molecule has 1 heterocycles. The Kier molecular flexibility index (Phi) is 6.41. The monoisotopic (exact) mass is 378 g/mol. The molecule has 0 fully saturated rings. The molecule has 2 N–H and O–H groups in total. The van der Waals surface area contributed by atoms with Crippen LogP contribution >= 0.6 is 0 Å². The van der Waals surface area contributed by atoms with Crippen molar-refractivity contribution in [2.75, 3.05) is 23.8 Å². The SMILES string of the molecule is CCOc1ccc(-c2ccc(NC(=O)Nc3ccccc3OCC)cc2)nn1. The molecule has 0 aliphatic carbocycles. The summed E-state index contributed by atoms with van der Waals surface area (Å²) in [5.41, 5.74) is 2.89. The quantitative estimate of drug-likeness (QED) is 0.628. The first-order chi connectivity index (χ1) is 13.7. The van der Waals surface area contributed by atoms with Crippen LogP contribution in [0.2, 0.25) is 0 Å². The third-order valence-corrected chi connectivity index (χ3v) is 3.81. The molecule has 0 saturated carbocycles. The highest BCUT2D eigenvalue weighted by atomic mass is 16.5. The minimum absolute atomic E-state index is 0.347. The normalized spacial score (nSPS) is 10.2. The second-order valence-electron chi connectivity index (χ2n) is 5.78. The van der Waals surface area contributed by atoms with Crippen molar-refractivity contribution in [3.63, 3.8) is 0 Å². The third-order valence-electron chi connectivity index (χ3n) is 3.81. The zero-order valence-electron chi connectivity index (χ0n) is 15.8. The van der Waals surface area contributed by atoms with E-state index in [0.717, 1.165) is 11.3 Å². The van der Waals surface area contributed by atoms with E-state index in [1.807, 2.05) is 62.4 Å². The number of carbonyl (C=O) groups is 1. The Hall–Kier alpha value is -3.61. The molecule has 0 bridgehead atoms. The fourth-order valence-corrected chi connectivity index (χ4v) is 2.56. The topological polar surface area (TPSA) is 85.4 Å². The van der Waals surface area contributed by atoms with Gasteiger partial charge in [0.25, 0.3) is 0 Å². The summed E-state index contributed by atoms with van der Waals surface area (Å²) >= 11 is 0. The number of carbonyl (C=O) groups excluding carboxylic acids is 1. The Morgan fingerprint density at radius 2 is 1.61 bits per heavy atom. The third kappa shape index (κ3) is 4.97. The first-order valence-corrected chi connectivity index (χ1v) is 9.06. The van der Waals surface area contributed by atoms with Gasteiger partial charge in [-0.25, -0.2) is 4.79 Å². The molecule has 0 saturated heterocycles. The van der Waals surface area contributed by atoms with Crippen LogP contribution in [0.1, 0.15) is 13.8 Å². The van der Waals surface area contributed by atoms with Crippen LogP contribution < -0.4 is 20.1 Å². The van der Waals surface area contributed by atoms with E-state index in [9.17, 15) is 4.79 Å². The molecule has 2 aromatic carbocycles. The van der Waals surface area contributed by atoms with E-state index in [-0.39, 0.29) is 6.03 Å². The first-order valence-electron chi connectivity index (χ1n) is 9.06. The number of benzene rings is 2. The molecule has 144 valence electrons. The van der Waals surface area contributed by atoms with Gasteiger partial charge in [-0.05, 0) is 44.2 Å². The van der Waals surface area contributed by atoms with Gasteiger partial charge in [-0.2, -0.15) is 0 Å². The smallest absolute Gasteiger partial charge is 0.323 e. The Balaban J connectivity index is 1.63. The summed E-state index contributed by atoms with van der Waals surface area (Å²) in [5.74, 6) is 1.12. The molecule has 3 rings (SSSR count). The molecule has 7 nitrogen and oxygen atoms in total. The van der Waals surface area contributed by atoms with E-state index in [4.69, 9.17) is 9.47 Å². The summed E-state index contributed by atoms with van der Waals surface area (Å²) < 4.78 is 10.8. The summed E-state index contributed by atoms with van der Waals surface area (Å²) in [6.07, 6.45) is 0. The maximum Gasteiger partial charge on any atom is 0.323 e. The maximum absolute atomic E-state index is 12.3. The number of anilines is 2. The van der Waals surface area contributed by atoms with E-state index in [1.165, 1.54) is 0 Å². The van der Waals surface area contributed by atoms with E-state index < -0.39 is 0 Å². The fraction of sp³-hybridized carbons (Fsp3) is 0.190. The van der Waals surface area contributed by atoms with Crippen LogP contribution in [0.3, 0.4) is 0 Å². The van der Waals surface area contributed by atoms with Crippen molar-refractivity contribution in [2.24, 2.45) is 0 Å². The van der Waals surface area contributed by atoms with Crippen LogP contribution in [0.15, 0.2) is 60.7 Å². The highest BCUT2D eigenvalue weighted by Gasteiger charge is 2.08. The predicted octanol–water partition coefficient (Wildman–Crippen LogP) is 4.59. The van der Waals surface area contributed by atoms with Crippen molar-refractivity contribution < 1.29 is 14.3 Å². The molecule has 0 aliphatic heterocycles. The number of urea groups is 1. The van der Waals surface area contributed by atoms with Crippen LogP contribution in [0.5, 0.6) is 11.6 Å². The maximum atomic E-state index is 12.3. The van der Waals surface area contributed by atoms with Gasteiger partial charge in [0, 0.05) is 17.3 Å². The molecule has 1 aromatic heterocycles. The summed E-state index contributed by atoms with van der Waals surface area (Å²) in [7, 11) is 0. The number of hydrogen-bond donors (Lipinski definition) is 2. The van der Waals surface area contributed by atoms with Crippen molar-refractivity contribution in [1.82, 2.24) is 10.2 Å². The Morgan fingerprint density at radius 3 is 2.29 bits per heavy atom. The second-order valence-corrected chi connectivity index (χ2v) is 5.78. The van der Waals surface area contributed by atoms with E-state index >= 15 is 0 Å². The Labute approximate surface area is 163 Å². The summed E-state index contributed by atoms with van der Waals surface area (Å²) in [6, 6.07) is 17.9. The van der Waals surface area contributed by atoms with Crippen LogP contribution in [0.4, 0.5) is 16.2 Å². The van der Waals surface area contributed by atoms with Crippen LogP contribution in [0, 0.1) is 0 Å². The number of amides is 2. The summed E-state index contributed by atoms with van der Waals surface area (Å²) in [5, 5.41) is 13.8. The molecule has 0 aliphatic rings. The zero-order valence-corrected chi connectivity index (χ0v) is 15.8. The van der Waals surface area contributed by atoms with E-state index in [2.05, 4.69) is 20.8 Å². The number of nitrogens with one attached hydrogen (secondary N) is 2. The Morgan fingerprint density at radius 1 is 0.857 bits per heavy atom.